The van der Waals surface area contributed by atoms with Crippen LogP contribution in [0.1, 0.15) is 74.5 Å². The largest absolute Gasteiger partial charge is 0.457 e. The molecule has 334 valence electrons. The second kappa shape index (κ2) is 16.8. The van der Waals surface area contributed by atoms with Crippen molar-refractivity contribution in [3.8, 4) is 50.7 Å². The van der Waals surface area contributed by atoms with E-state index in [4.69, 9.17) is 26.2 Å². The number of fused-ring (bicyclic) bond motifs is 4. The standard InChI is InChI=1S/C63H56N4O/c1-42-36-44(43-18-9-8-10-19-43)30-32-51(42)55-26-17-25-52(45-20-15-21-46(37-45)62(2,3)4)61(55)66-41-65(57-28-13-14-29-58(57)66)48-22-16-23-49(39-48)68-50-31-33-54-53-24-11-12-27-56(53)67(59(54)40-50)60-38-47(34-35-64-60)63(5,6)7/h8-40H,41H2,1-7H3/i1D3,2D3,3D3,4D3. The minimum Gasteiger partial charge on any atom is -0.457 e. The van der Waals surface area contributed by atoms with Crippen LogP contribution in [0.5, 0.6) is 11.5 Å². The van der Waals surface area contributed by atoms with Gasteiger partial charge in [0, 0.05) is 62.4 Å². The van der Waals surface area contributed by atoms with Crippen LogP contribution in [0.15, 0.2) is 200 Å². The van der Waals surface area contributed by atoms with E-state index in [0.29, 0.717) is 45.0 Å². The van der Waals surface area contributed by atoms with Crippen LogP contribution in [0.2, 0.25) is 0 Å². The van der Waals surface area contributed by atoms with Crippen LogP contribution >= 0.6 is 0 Å². The summed E-state index contributed by atoms with van der Waals surface area (Å²) < 4.78 is 113. The van der Waals surface area contributed by atoms with Gasteiger partial charge in [0.15, 0.2) is 0 Å². The van der Waals surface area contributed by atoms with Crippen LogP contribution in [0.3, 0.4) is 0 Å². The van der Waals surface area contributed by atoms with E-state index in [-0.39, 0.29) is 17.6 Å². The second-order valence-corrected chi connectivity index (χ2v) is 18.4. The number of para-hydroxylation sites is 4. The molecule has 68 heavy (non-hydrogen) atoms. The molecular formula is C63H56N4O. The van der Waals surface area contributed by atoms with E-state index in [0.717, 1.165) is 55.8 Å². The Bertz CT molecular complexity index is 3950. The van der Waals surface area contributed by atoms with Crippen molar-refractivity contribution in [1.29, 1.82) is 0 Å². The first-order valence-corrected chi connectivity index (χ1v) is 22.7. The van der Waals surface area contributed by atoms with E-state index >= 15 is 0 Å². The summed E-state index contributed by atoms with van der Waals surface area (Å²) in [4.78, 5) is 9.01. The first-order valence-electron chi connectivity index (χ1n) is 28.7. The van der Waals surface area contributed by atoms with Crippen LogP contribution in [0.4, 0.5) is 22.7 Å². The Hall–Kier alpha value is -7.89. The number of aryl methyl sites for hydroxylation is 1. The van der Waals surface area contributed by atoms with E-state index in [1.54, 1.807) is 30.3 Å². The van der Waals surface area contributed by atoms with Crippen molar-refractivity contribution in [2.24, 2.45) is 0 Å². The van der Waals surface area contributed by atoms with Gasteiger partial charge in [0.1, 0.15) is 24.0 Å². The summed E-state index contributed by atoms with van der Waals surface area (Å²) in [5, 5.41) is 2.14. The molecule has 0 bridgehead atoms. The number of rotatable bonds is 8. The van der Waals surface area contributed by atoms with Gasteiger partial charge in [-0.25, -0.2) is 4.98 Å². The van der Waals surface area contributed by atoms with E-state index in [1.165, 1.54) is 18.2 Å². The fourth-order valence-corrected chi connectivity index (χ4v) is 9.54. The van der Waals surface area contributed by atoms with Gasteiger partial charge in [0.2, 0.25) is 0 Å². The van der Waals surface area contributed by atoms with Crippen molar-refractivity contribution in [2.75, 3.05) is 16.5 Å². The second-order valence-electron chi connectivity index (χ2n) is 18.4. The van der Waals surface area contributed by atoms with Crippen LogP contribution in [-0.4, -0.2) is 16.2 Å². The molecule has 11 rings (SSSR count). The molecule has 1 aliphatic rings. The molecule has 5 nitrogen and oxygen atoms in total. The molecular weight excluding hydrogens is 829 g/mol. The van der Waals surface area contributed by atoms with Gasteiger partial charge >= 0.3 is 0 Å². The summed E-state index contributed by atoms with van der Waals surface area (Å²) >= 11 is 0. The fourth-order valence-electron chi connectivity index (χ4n) is 9.54. The Morgan fingerprint density at radius 1 is 0.500 bits per heavy atom. The van der Waals surface area contributed by atoms with Crippen LogP contribution < -0.4 is 14.5 Å². The van der Waals surface area contributed by atoms with Crippen LogP contribution in [0.25, 0.3) is 61.0 Å². The number of aromatic nitrogens is 2. The Balaban J connectivity index is 1.05. The lowest BCUT2D eigenvalue weighted by molar-refractivity contribution is 0.483. The van der Waals surface area contributed by atoms with Crippen molar-refractivity contribution in [3.05, 3.63) is 217 Å². The van der Waals surface area contributed by atoms with Crippen molar-refractivity contribution in [2.45, 2.75) is 59.0 Å². The molecule has 0 saturated heterocycles. The number of anilines is 4. The molecule has 0 saturated carbocycles. The van der Waals surface area contributed by atoms with Gasteiger partial charge in [-0.2, -0.15) is 0 Å². The Morgan fingerprint density at radius 2 is 1.21 bits per heavy atom. The quantitative estimate of drug-likeness (QED) is 0.152. The molecule has 0 atom stereocenters. The van der Waals surface area contributed by atoms with Gasteiger partial charge in [0.25, 0.3) is 0 Å². The molecule has 10 aromatic rings. The van der Waals surface area contributed by atoms with Gasteiger partial charge in [0.05, 0.1) is 28.1 Å². The van der Waals surface area contributed by atoms with Gasteiger partial charge in [-0.3, -0.25) is 4.57 Å². The zero-order valence-corrected chi connectivity index (χ0v) is 38.0. The summed E-state index contributed by atoms with van der Waals surface area (Å²) in [6, 6.07) is 60.0. The number of benzene rings is 8. The minimum atomic E-state index is -3.50. The third kappa shape index (κ3) is 7.78. The summed E-state index contributed by atoms with van der Waals surface area (Å²) in [6.45, 7) is -6.38. The van der Waals surface area contributed by atoms with Gasteiger partial charge in [-0.05, 0) is 111 Å². The van der Waals surface area contributed by atoms with Crippen molar-refractivity contribution < 1.29 is 21.2 Å². The number of hydrogen-bond donors (Lipinski definition) is 0. The molecule has 3 heterocycles. The summed E-state index contributed by atoms with van der Waals surface area (Å²) in [6.07, 6.45) is 1.85. The lowest BCUT2D eigenvalue weighted by Gasteiger charge is -2.28. The topological polar surface area (TPSA) is 33.5 Å². The zero-order chi connectivity index (χ0) is 56.7. The molecule has 5 heteroatoms. The average Bonchev–Trinajstić information content (AvgIpc) is 3.99. The molecule has 0 unspecified atom stereocenters. The molecule has 1 aliphatic heterocycles. The number of hydrogen-bond acceptors (Lipinski definition) is 4. The van der Waals surface area contributed by atoms with E-state index < -0.39 is 38.4 Å². The number of ether oxygens (including phenoxy) is 1. The summed E-state index contributed by atoms with van der Waals surface area (Å²) in [5.41, 5.74) is 5.46. The molecule has 0 radical (unpaired) electrons. The van der Waals surface area contributed by atoms with E-state index in [2.05, 4.69) is 65.5 Å². The highest BCUT2D eigenvalue weighted by molar-refractivity contribution is 6.09. The first kappa shape index (κ1) is 31.2. The highest BCUT2D eigenvalue weighted by Gasteiger charge is 2.32. The third-order valence-corrected chi connectivity index (χ3v) is 12.9. The van der Waals surface area contributed by atoms with Crippen molar-refractivity contribution in [1.82, 2.24) is 9.55 Å². The van der Waals surface area contributed by atoms with Gasteiger partial charge in [-0.15, -0.1) is 0 Å². The maximum absolute atomic E-state index is 8.93. The third-order valence-electron chi connectivity index (χ3n) is 12.9. The van der Waals surface area contributed by atoms with Crippen LogP contribution in [0, 0.1) is 6.85 Å². The Kier molecular flexibility index (Phi) is 7.68. The van der Waals surface area contributed by atoms with Crippen LogP contribution in [-0.2, 0) is 10.8 Å². The van der Waals surface area contributed by atoms with Crippen molar-refractivity contribution >= 4 is 44.6 Å². The maximum atomic E-state index is 8.93. The first-order chi connectivity index (χ1) is 37.8. The zero-order valence-electron chi connectivity index (χ0n) is 50.0. The molecule has 0 aliphatic carbocycles. The van der Waals surface area contributed by atoms with E-state index in [9.17, 15) is 0 Å². The summed E-state index contributed by atoms with van der Waals surface area (Å²) in [7, 11) is 0. The fraction of sp³-hybridized carbons (Fsp3) is 0.159. The average molecular weight is 897 g/mol. The highest BCUT2D eigenvalue weighted by atomic mass is 16.5. The minimum absolute atomic E-state index is 0.0830. The molecule has 0 N–H and O–H groups in total. The number of nitrogens with zero attached hydrogens (tertiary/aromatic N) is 4. The van der Waals surface area contributed by atoms with Gasteiger partial charge in [-0.1, -0.05) is 169 Å². The molecule has 0 spiro atoms. The SMILES string of the molecule is [2H]C([2H])([2H])c1cc(-c2ccccc2)ccc1-c1cccc(-c2cccc(C(C([2H])([2H])[2H])(C([2H])([2H])[2H])C([2H])([2H])[2H])c2)c1N1CN(c2cccc(Oc3ccc4c5ccccc5n(-c5cc(C(C)(C)C)ccn5)c4c3)c2)c2ccccc21. The smallest absolute Gasteiger partial charge is 0.137 e. The summed E-state index contributed by atoms with van der Waals surface area (Å²) in [5.74, 6) is 1.97. The molecule has 0 amide bonds. The highest BCUT2D eigenvalue weighted by Crippen LogP contribution is 2.51. The van der Waals surface area contributed by atoms with Crippen molar-refractivity contribution in [3.63, 3.8) is 0 Å². The number of pyridine rings is 1. The Morgan fingerprint density at radius 3 is 2.03 bits per heavy atom. The normalized spacial score (nSPS) is 16.2. The lowest BCUT2D eigenvalue weighted by Crippen LogP contribution is -2.25. The predicted molar refractivity (Wildman–Crippen MR) is 286 cm³/mol. The Labute approximate surface area is 417 Å². The monoisotopic (exact) mass is 897 g/mol. The lowest BCUT2D eigenvalue weighted by atomic mass is 9.84. The maximum Gasteiger partial charge on any atom is 0.137 e. The molecule has 0 fully saturated rings. The predicted octanol–water partition coefficient (Wildman–Crippen LogP) is 17.1. The van der Waals surface area contributed by atoms with E-state index in [1.807, 2.05) is 121 Å². The molecule has 2 aromatic heterocycles. The van der Waals surface area contributed by atoms with Gasteiger partial charge < -0.3 is 14.5 Å². The molecule has 8 aromatic carbocycles.